The molecule has 0 unspecified atom stereocenters. The number of allylic oxidation sites excluding steroid dienone is 3. The highest BCUT2D eigenvalue weighted by atomic mass is 16.3. The van der Waals surface area contributed by atoms with Gasteiger partial charge in [-0.05, 0) is 30.3 Å². The van der Waals surface area contributed by atoms with Crippen LogP contribution in [0.5, 0.6) is 0 Å². The van der Waals surface area contributed by atoms with E-state index in [9.17, 15) is 0 Å². The van der Waals surface area contributed by atoms with Crippen LogP contribution >= 0.6 is 0 Å². The Balaban J connectivity index is 2.69. The van der Waals surface area contributed by atoms with Crippen LogP contribution in [0.2, 0.25) is 0 Å². The first-order valence-electron chi connectivity index (χ1n) is 4.85. The first kappa shape index (κ1) is 10.8. The second kappa shape index (κ2) is 3.86. The van der Waals surface area contributed by atoms with Gasteiger partial charge in [0.1, 0.15) is 0 Å². The Morgan fingerprint density at radius 3 is 2.71 bits per heavy atom. The van der Waals surface area contributed by atoms with Crippen molar-refractivity contribution in [2.24, 2.45) is 11.1 Å². The zero-order chi connectivity index (χ0) is 10.8. The van der Waals surface area contributed by atoms with E-state index in [1.165, 1.54) is 6.08 Å². The van der Waals surface area contributed by atoms with E-state index in [2.05, 4.69) is 19.9 Å². The first-order valence-corrected chi connectivity index (χ1v) is 4.85. The number of hydrogen-bond acceptors (Lipinski definition) is 3. The molecule has 0 amide bonds. The lowest BCUT2D eigenvalue weighted by atomic mass is 9.77. The van der Waals surface area contributed by atoms with Crippen molar-refractivity contribution in [2.75, 3.05) is 0 Å². The molecule has 4 N–H and O–H groups in total. The van der Waals surface area contributed by atoms with E-state index >= 15 is 0 Å². The Kier molecular flexibility index (Phi) is 2.99. The second-order valence-electron chi connectivity index (χ2n) is 4.58. The predicted molar refractivity (Wildman–Crippen MR) is 58.3 cm³/mol. The van der Waals surface area contributed by atoms with E-state index < -0.39 is 0 Å². The summed E-state index contributed by atoms with van der Waals surface area (Å²) in [4.78, 5) is 0. The molecule has 0 aromatic rings. The average Bonchev–Trinajstić information content (AvgIpc) is 2.02. The van der Waals surface area contributed by atoms with Gasteiger partial charge in [-0.2, -0.15) is 0 Å². The van der Waals surface area contributed by atoms with Gasteiger partial charge in [-0.1, -0.05) is 19.9 Å². The van der Waals surface area contributed by atoms with Gasteiger partial charge in [-0.15, -0.1) is 0 Å². The topological polar surface area (TPSA) is 70.1 Å². The molecule has 0 atom stereocenters. The molecular weight excluding hydrogens is 176 g/mol. The normalized spacial score (nSPS) is 21.6. The van der Waals surface area contributed by atoms with Gasteiger partial charge in [0.25, 0.3) is 0 Å². The van der Waals surface area contributed by atoms with Crippen LogP contribution in [0, 0.1) is 10.8 Å². The molecule has 0 aromatic heterocycles. The van der Waals surface area contributed by atoms with Gasteiger partial charge in [0.05, 0.1) is 5.71 Å². The van der Waals surface area contributed by atoms with Gasteiger partial charge in [0.2, 0.25) is 0 Å². The standard InChI is InChI=1S/C11H18N2O/c1-11(2)5-3-8(4-6-11)9(12)7-10(13)14/h3,7,12,14H,4-6,13H2,1-2H3/b10-7+,12-9?. The molecule has 1 aliphatic rings. The van der Waals surface area contributed by atoms with Crippen molar-refractivity contribution in [3.05, 3.63) is 23.6 Å². The average molecular weight is 194 g/mol. The molecule has 0 heterocycles. The maximum absolute atomic E-state index is 8.83. The first-order chi connectivity index (χ1) is 6.41. The predicted octanol–water partition coefficient (Wildman–Crippen LogP) is 2.50. The van der Waals surface area contributed by atoms with Crippen LogP contribution in [-0.2, 0) is 0 Å². The molecule has 1 rings (SSSR count). The van der Waals surface area contributed by atoms with Crippen LogP contribution in [0.25, 0.3) is 0 Å². The van der Waals surface area contributed by atoms with Gasteiger partial charge in [-0.25, -0.2) is 0 Å². The third-order valence-electron chi connectivity index (χ3n) is 2.61. The highest BCUT2D eigenvalue weighted by Crippen LogP contribution is 2.34. The van der Waals surface area contributed by atoms with Crippen molar-refractivity contribution < 1.29 is 5.11 Å². The number of aliphatic hydroxyl groups is 1. The summed E-state index contributed by atoms with van der Waals surface area (Å²) in [7, 11) is 0. The van der Waals surface area contributed by atoms with Crippen molar-refractivity contribution in [2.45, 2.75) is 33.1 Å². The highest BCUT2D eigenvalue weighted by Gasteiger charge is 2.22. The smallest absolute Gasteiger partial charge is 0.183 e. The van der Waals surface area contributed by atoms with Crippen LogP contribution in [0.15, 0.2) is 23.6 Å². The summed E-state index contributed by atoms with van der Waals surface area (Å²) in [6.45, 7) is 4.44. The molecule has 0 radical (unpaired) electrons. The van der Waals surface area contributed by atoms with Gasteiger partial charge in [0.15, 0.2) is 5.88 Å². The molecule has 0 aliphatic heterocycles. The Bertz CT molecular complexity index is 296. The number of aliphatic hydroxyl groups excluding tert-OH is 1. The molecule has 0 bridgehead atoms. The Hall–Kier alpha value is -1.25. The minimum atomic E-state index is -0.291. The minimum absolute atomic E-state index is 0.291. The lowest BCUT2D eigenvalue weighted by Gasteiger charge is -2.28. The molecule has 14 heavy (non-hydrogen) atoms. The highest BCUT2D eigenvalue weighted by molar-refractivity contribution is 6.06. The van der Waals surface area contributed by atoms with Crippen LogP contribution in [0.3, 0.4) is 0 Å². The summed E-state index contributed by atoms with van der Waals surface area (Å²) in [6.07, 6.45) is 6.34. The molecule has 1 aliphatic carbocycles. The van der Waals surface area contributed by atoms with Crippen LogP contribution in [-0.4, -0.2) is 10.8 Å². The summed E-state index contributed by atoms with van der Waals surface area (Å²) in [5, 5.41) is 16.5. The fourth-order valence-electron chi connectivity index (χ4n) is 1.56. The van der Waals surface area contributed by atoms with E-state index in [1.807, 2.05) is 0 Å². The summed E-state index contributed by atoms with van der Waals surface area (Å²) >= 11 is 0. The number of nitrogens with one attached hydrogen (secondary N) is 1. The maximum Gasteiger partial charge on any atom is 0.183 e. The third-order valence-corrected chi connectivity index (χ3v) is 2.61. The van der Waals surface area contributed by atoms with Crippen LogP contribution in [0.1, 0.15) is 33.1 Å². The quantitative estimate of drug-likeness (QED) is 0.467. The van der Waals surface area contributed by atoms with Crippen LogP contribution in [0.4, 0.5) is 0 Å². The van der Waals surface area contributed by atoms with Gasteiger partial charge in [-0.3, -0.25) is 0 Å². The van der Waals surface area contributed by atoms with Crippen molar-refractivity contribution in [3.63, 3.8) is 0 Å². The number of rotatable bonds is 2. The lowest BCUT2D eigenvalue weighted by molar-refractivity contribution is 0.328. The van der Waals surface area contributed by atoms with Gasteiger partial charge >= 0.3 is 0 Å². The fourth-order valence-corrected chi connectivity index (χ4v) is 1.56. The summed E-state index contributed by atoms with van der Waals surface area (Å²) < 4.78 is 0. The molecular formula is C11H18N2O. The molecule has 0 saturated carbocycles. The van der Waals surface area contributed by atoms with Gasteiger partial charge in [0, 0.05) is 6.08 Å². The number of nitrogens with two attached hydrogens (primary N) is 1. The van der Waals surface area contributed by atoms with Crippen molar-refractivity contribution in [1.82, 2.24) is 0 Å². The van der Waals surface area contributed by atoms with E-state index in [1.54, 1.807) is 0 Å². The Labute approximate surface area is 84.8 Å². The van der Waals surface area contributed by atoms with E-state index in [0.29, 0.717) is 11.1 Å². The zero-order valence-corrected chi connectivity index (χ0v) is 8.80. The molecule has 3 heteroatoms. The second-order valence-corrected chi connectivity index (χ2v) is 4.58. The minimum Gasteiger partial charge on any atom is -0.495 e. The molecule has 0 aromatic carbocycles. The lowest BCUT2D eigenvalue weighted by Crippen LogP contribution is -2.17. The maximum atomic E-state index is 8.83. The van der Waals surface area contributed by atoms with Gasteiger partial charge < -0.3 is 16.2 Å². The van der Waals surface area contributed by atoms with Crippen molar-refractivity contribution in [1.29, 1.82) is 5.41 Å². The molecule has 0 fully saturated rings. The molecule has 3 nitrogen and oxygen atoms in total. The third kappa shape index (κ3) is 2.91. The van der Waals surface area contributed by atoms with Crippen LogP contribution < -0.4 is 5.73 Å². The fraction of sp³-hybridized carbons (Fsp3) is 0.545. The Morgan fingerprint density at radius 1 is 1.64 bits per heavy atom. The molecule has 0 saturated heterocycles. The molecule has 78 valence electrons. The summed E-state index contributed by atoms with van der Waals surface area (Å²) in [5.41, 5.74) is 6.77. The van der Waals surface area contributed by atoms with Crippen molar-refractivity contribution >= 4 is 5.71 Å². The van der Waals surface area contributed by atoms with E-state index in [4.69, 9.17) is 16.2 Å². The zero-order valence-electron chi connectivity index (χ0n) is 8.80. The summed E-state index contributed by atoms with van der Waals surface area (Å²) in [6, 6.07) is 0. The van der Waals surface area contributed by atoms with Crippen molar-refractivity contribution in [3.8, 4) is 0 Å². The SMILES string of the molecule is CC1(C)CC=C(C(=N)/C=C(\N)O)CC1. The van der Waals surface area contributed by atoms with E-state index in [-0.39, 0.29) is 5.88 Å². The number of hydrogen-bond donors (Lipinski definition) is 3. The Morgan fingerprint density at radius 2 is 2.29 bits per heavy atom. The summed E-state index contributed by atoms with van der Waals surface area (Å²) in [5.74, 6) is -0.291. The monoisotopic (exact) mass is 194 g/mol. The van der Waals surface area contributed by atoms with E-state index in [0.717, 1.165) is 24.8 Å². The molecule has 0 spiro atoms. The largest absolute Gasteiger partial charge is 0.495 e.